The Balaban J connectivity index is 2.09. The highest BCUT2D eigenvalue weighted by atomic mass is 35.5. The van der Waals surface area contributed by atoms with Gasteiger partial charge < -0.3 is 10.6 Å². The summed E-state index contributed by atoms with van der Waals surface area (Å²) in [5.74, 6) is -0.400. The van der Waals surface area contributed by atoms with Crippen molar-refractivity contribution in [2.75, 3.05) is 10.6 Å². The molecule has 2 aromatic carbocycles. The van der Waals surface area contributed by atoms with Crippen LogP contribution in [0.1, 0.15) is 11.1 Å². The molecule has 1 atom stereocenters. The summed E-state index contributed by atoms with van der Waals surface area (Å²) in [7, 11) is 0. The Kier molecular flexibility index (Phi) is 3.08. The molecule has 0 spiro atoms. The third-order valence-corrected chi connectivity index (χ3v) is 3.76. The lowest BCUT2D eigenvalue weighted by molar-refractivity contribution is -0.118. The van der Waals surface area contributed by atoms with E-state index >= 15 is 0 Å². The molecule has 5 heteroatoms. The molecule has 2 N–H and O–H groups in total. The fourth-order valence-corrected chi connectivity index (χ4v) is 2.56. The molecule has 0 radical (unpaired) electrons. The Morgan fingerprint density at radius 3 is 2.62 bits per heavy atom. The predicted molar refractivity (Wildman–Crippen MR) is 82.2 cm³/mol. The van der Waals surface area contributed by atoms with E-state index in [2.05, 4.69) is 16.7 Å². The summed E-state index contributed by atoms with van der Waals surface area (Å²) < 4.78 is 0. The maximum absolute atomic E-state index is 12.3. The second-order valence-corrected chi connectivity index (χ2v) is 5.43. The van der Waals surface area contributed by atoms with E-state index in [1.165, 1.54) is 0 Å². The molecule has 1 amide bonds. The number of benzene rings is 2. The van der Waals surface area contributed by atoms with Gasteiger partial charge in [0.1, 0.15) is 6.07 Å². The molecule has 0 bridgehead atoms. The zero-order chi connectivity index (χ0) is 15.0. The normalized spacial score (nSPS) is 19.6. The number of hydrogen-bond acceptors (Lipinski definition) is 3. The summed E-state index contributed by atoms with van der Waals surface area (Å²) in [6, 6.07) is 14.6. The summed E-state index contributed by atoms with van der Waals surface area (Å²) in [4.78, 5) is 12.3. The van der Waals surface area contributed by atoms with E-state index in [1.807, 2.05) is 31.2 Å². The number of nitrogens with one attached hydrogen (secondary N) is 2. The van der Waals surface area contributed by atoms with E-state index in [4.69, 9.17) is 11.6 Å². The molecule has 0 fully saturated rings. The van der Waals surface area contributed by atoms with Gasteiger partial charge in [-0.2, -0.15) is 5.26 Å². The average molecular weight is 298 g/mol. The molecule has 2 aromatic rings. The lowest BCUT2D eigenvalue weighted by atomic mass is 9.92. The quantitative estimate of drug-likeness (QED) is 0.892. The molecule has 1 unspecified atom stereocenters. The Hall–Kier alpha value is -2.51. The number of fused-ring (bicyclic) bond motifs is 1. The van der Waals surface area contributed by atoms with Gasteiger partial charge in [0.2, 0.25) is 5.54 Å². The van der Waals surface area contributed by atoms with Crippen LogP contribution < -0.4 is 10.6 Å². The summed E-state index contributed by atoms with van der Waals surface area (Å²) in [5.41, 5.74) is 1.49. The number of rotatable bonds is 2. The minimum absolute atomic E-state index is 0.400. The third kappa shape index (κ3) is 2.12. The monoisotopic (exact) mass is 297 g/mol. The molecule has 0 aromatic heterocycles. The number of carbonyl (C=O) groups excluding carboxylic acids is 1. The van der Waals surface area contributed by atoms with Gasteiger partial charge >= 0.3 is 0 Å². The Labute approximate surface area is 127 Å². The van der Waals surface area contributed by atoms with E-state index in [0.717, 1.165) is 5.56 Å². The number of hydrogen-bond donors (Lipinski definition) is 2. The van der Waals surface area contributed by atoms with Crippen LogP contribution in [-0.4, -0.2) is 5.91 Å². The summed E-state index contributed by atoms with van der Waals surface area (Å²) in [5, 5.41) is 15.9. The second kappa shape index (κ2) is 4.80. The first kappa shape index (κ1) is 13.5. The van der Waals surface area contributed by atoms with Gasteiger partial charge in [-0.05, 0) is 37.3 Å². The number of aryl methyl sites for hydroxylation is 1. The number of carbonyl (C=O) groups is 1. The SMILES string of the molecule is Cc1ccc(NC2(C#N)C(=O)Nc3ccc(Cl)cc32)cc1. The van der Waals surface area contributed by atoms with E-state index in [9.17, 15) is 10.1 Å². The van der Waals surface area contributed by atoms with Gasteiger partial charge in [-0.1, -0.05) is 29.3 Å². The van der Waals surface area contributed by atoms with Gasteiger partial charge in [0.25, 0.3) is 5.91 Å². The molecule has 3 rings (SSSR count). The lowest BCUT2D eigenvalue weighted by Gasteiger charge is -2.22. The Bertz CT molecular complexity index is 764. The summed E-state index contributed by atoms with van der Waals surface area (Å²) in [6.45, 7) is 1.97. The first-order chi connectivity index (χ1) is 10.0. The maximum Gasteiger partial charge on any atom is 0.269 e. The average Bonchev–Trinajstić information content (AvgIpc) is 2.74. The van der Waals surface area contributed by atoms with Crippen molar-refractivity contribution in [3.8, 4) is 6.07 Å². The molecule has 1 aliphatic heterocycles. The van der Waals surface area contributed by atoms with Crippen LogP contribution in [0.5, 0.6) is 0 Å². The first-order valence-corrected chi connectivity index (χ1v) is 6.80. The highest BCUT2D eigenvalue weighted by Gasteiger charge is 2.48. The van der Waals surface area contributed by atoms with Gasteiger partial charge in [-0.25, -0.2) is 0 Å². The van der Waals surface area contributed by atoms with Gasteiger partial charge in [0.15, 0.2) is 0 Å². The van der Waals surface area contributed by atoms with Gasteiger partial charge in [-0.3, -0.25) is 4.79 Å². The topological polar surface area (TPSA) is 64.9 Å². The van der Waals surface area contributed by atoms with Gasteiger partial charge in [0, 0.05) is 22.0 Å². The fourth-order valence-electron chi connectivity index (χ4n) is 2.39. The predicted octanol–water partition coefficient (Wildman–Crippen LogP) is 3.43. The molecule has 0 aliphatic carbocycles. The van der Waals surface area contributed by atoms with Crippen LogP contribution in [-0.2, 0) is 10.3 Å². The van der Waals surface area contributed by atoms with Crippen LogP contribution in [0.15, 0.2) is 42.5 Å². The molecule has 4 nitrogen and oxygen atoms in total. The Morgan fingerprint density at radius 2 is 1.95 bits per heavy atom. The van der Waals surface area contributed by atoms with Crippen molar-refractivity contribution in [2.24, 2.45) is 0 Å². The Morgan fingerprint density at radius 1 is 1.24 bits per heavy atom. The van der Waals surface area contributed by atoms with Crippen molar-refractivity contribution < 1.29 is 4.79 Å². The van der Waals surface area contributed by atoms with Crippen molar-refractivity contribution in [1.82, 2.24) is 0 Å². The van der Waals surface area contributed by atoms with Crippen molar-refractivity contribution in [3.63, 3.8) is 0 Å². The van der Waals surface area contributed by atoms with Crippen molar-refractivity contribution in [1.29, 1.82) is 5.26 Å². The minimum Gasteiger partial charge on any atom is -0.356 e. The maximum atomic E-state index is 12.3. The molecule has 0 saturated heterocycles. The van der Waals surface area contributed by atoms with Crippen molar-refractivity contribution in [2.45, 2.75) is 12.5 Å². The largest absolute Gasteiger partial charge is 0.356 e. The summed E-state index contributed by atoms with van der Waals surface area (Å²) >= 11 is 6.00. The third-order valence-electron chi connectivity index (χ3n) is 3.53. The zero-order valence-corrected chi connectivity index (χ0v) is 12.0. The molecule has 0 saturated carbocycles. The first-order valence-electron chi connectivity index (χ1n) is 6.43. The number of nitriles is 1. The smallest absolute Gasteiger partial charge is 0.269 e. The number of amides is 1. The number of halogens is 1. The number of anilines is 2. The fraction of sp³-hybridized carbons (Fsp3) is 0.125. The molecular weight excluding hydrogens is 286 g/mol. The van der Waals surface area contributed by atoms with Gasteiger partial charge in [0.05, 0.1) is 0 Å². The second-order valence-electron chi connectivity index (χ2n) is 5.00. The number of nitrogens with zero attached hydrogens (tertiary/aromatic N) is 1. The minimum atomic E-state index is -1.46. The molecule has 1 aliphatic rings. The van der Waals surface area contributed by atoms with Crippen LogP contribution in [0, 0.1) is 18.3 Å². The standard InChI is InChI=1S/C16H12ClN3O/c1-10-2-5-12(6-3-10)20-16(9-18)13-8-11(17)4-7-14(13)19-15(16)21/h2-8,20H,1H3,(H,19,21). The molecule has 21 heavy (non-hydrogen) atoms. The van der Waals surface area contributed by atoms with Crippen molar-refractivity contribution in [3.05, 3.63) is 58.6 Å². The van der Waals surface area contributed by atoms with Crippen molar-refractivity contribution >= 4 is 28.9 Å². The van der Waals surface area contributed by atoms with Crippen LogP contribution in [0.25, 0.3) is 0 Å². The zero-order valence-electron chi connectivity index (χ0n) is 11.3. The van der Waals surface area contributed by atoms with E-state index in [-0.39, 0.29) is 0 Å². The lowest BCUT2D eigenvalue weighted by Crippen LogP contribution is -2.40. The highest BCUT2D eigenvalue weighted by Crippen LogP contribution is 2.39. The summed E-state index contributed by atoms with van der Waals surface area (Å²) in [6.07, 6.45) is 0. The molecule has 104 valence electrons. The van der Waals surface area contributed by atoms with E-state index in [0.29, 0.717) is 22.0 Å². The van der Waals surface area contributed by atoms with E-state index in [1.54, 1.807) is 18.2 Å². The van der Waals surface area contributed by atoms with Crippen LogP contribution in [0.4, 0.5) is 11.4 Å². The van der Waals surface area contributed by atoms with Crippen LogP contribution in [0.3, 0.4) is 0 Å². The van der Waals surface area contributed by atoms with Crippen LogP contribution in [0.2, 0.25) is 5.02 Å². The van der Waals surface area contributed by atoms with Gasteiger partial charge in [-0.15, -0.1) is 0 Å². The highest BCUT2D eigenvalue weighted by molar-refractivity contribution is 6.31. The van der Waals surface area contributed by atoms with Crippen LogP contribution >= 0.6 is 11.6 Å². The molecule has 1 heterocycles. The van der Waals surface area contributed by atoms with E-state index < -0.39 is 11.4 Å². The molecular formula is C16H12ClN3O.